The topological polar surface area (TPSA) is 21.3 Å². The lowest BCUT2D eigenvalue weighted by molar-refractivity contribution is 0.197. The van der Waals surface area contributed by atoms with Crippen LogP contribution in [0, 0.1) is 5.82 Å². The van der Waals surface area contributed by atoms with Crippen LogP contribution in [-0.2, 0) is 0 Å². The van der Waals surface area contributed by atoms with Gasteiger partial charge in [0.1, 0.15) is 6.10 Å². The lowest BCUT2D eigenvalue weighted by Gasteiger charge is -2.14. The first-order chi connectivity index (χ1) is 7.79. The van der Waals surface area contributed by atoms with Crippen molar-refractivity contribution in [3.05, 3.63) is 30.1 Å². The number of rotatable bonds is 4. The Bertz CT molecular complexity index is 342. The van der Waals surface area contributed by atoms with Gasteiger partial charge in [-0.3, -0.25) is 0 Å². The van der Waals surface area contributed by atoms with E-state index in [1.54, 1.807) is 18.2 Å². The van der Waals surface area contributed by atoms with Gasteiger partial charge in [0.05, 0.1) is 0 Å². The number of benzene rings is 1. The van der Waals surface area contributed by atoms with E-state index in [0.717, 1.165) is 25.8 Å². The van der Waals surface area contributed by atoms with Gasteiger partial charge in [-0.05, 0) is 37.9 Å². The molecule has 1 aromatic carbocycles. The van der Waals surface area contributed by atoms with Crippen LogP contribution in [0.15, 0.2) is 24.3 Å². The molecule has 0 heterocycles. The average molecular weight is 223 g/mol. The molecule has 1 aliphatic rings. The predicted octanol–water partition coefficient (Wildman–Crippen LogP) is 2.74. The first kappa shape index (κ1) is 11.4. The standard InChI is InChI=1S/C13H18FNO/c1-2-15-10-7-8-11(9-10)16-13-6-4-3-5-12(13)14/h3-6,10-11,15H,2,7-9H2,1H3. The van der Waals surface area contributed by atoms with Gasteiger partial charge in [-0.25, -0.2) is 4.39 Å². The monoisotopic (exact) mass is 223 g/mol. The number of hydrogen-bond donors (Lipinski definition) is 1. The zero-order valence-electron chi connectivity index (χ0n) is 9.58. The molecule has 0 radical (unpaired) electrons. The van der Waals surface area contributed by atoms with Crippen LogP contribution in [0.4, 0.5) is 4.39 Å². The molecule has 1 aliphatic carbocycles. The van der Waals surface area contributed by atoms with E-state index in [9.17, 15) is 4.39 Å². The first-order valence-corrected chi connectivity index (χ1v) is 5.94. The van der Waals surface area contributed by atoms with Crippen molar-refractivity contribution in [1.82, 2.24) is 5.32 Å². The minimum atomic E-state index is -0.269. The van der Waals surface area contributed by atoms with Crippen molar-refractivity contribution < 1.29 is 9.13 Å². The van der Waals surface area contributed by atoms with Crippen molar-refractivity contribution in [2.24, 2.45) is 0 Å². The molecule has 0 aliphatic heterocycles. The maximum Gasteiger partial charge on any atom is 0.165 e. The Hall–Kier alpha value is -1.09. The van der Waals surface area contributed by atoms with Gasteiger partial charge in [0, 0.05) is 6.04 Å². The molecule has 88 valence electrons. The van der Waals surface area contributed by atoms with Crippen LogP contribution in [-0.4, -0.2) is 18.7 Å². The third kappa shape index (κ3) is 2.73. The molecule has 0 saturated heterocycles. The number of para-hydroxylation sites is 1. The number of halogens is 1. The van der Waals surface area contributed by atoms with E-state index in [1.807, 2.05) is 0 Å². The largest absolute Gasteiger partial charge is 0.487 e. The van der Waals surface area contributed by atoms with Gasteiger partial charge in [-0.2, -0.15) is 0 Å². The maximum atomic E-state index is 13.3. The smallest absolute Gasteiger partial charge is 0.165 e. The van der Waals surface area contributed by atoms with Crippen LogP contribution >= 0.6 is 0 Å². The summed E-state index contributed by atoms with van der Waals surface area (Å²) in [6, 6.07) is 7.14. The summed E-state index contributed by atoms with van der Waals surface area (Å²) >= 11 is 0. The van der Waals surface area contributed by atoms with Gasteiger partial charge in [0.2, 0.25) is 0 Å². The van der Waals surface area contributed by atoms with Crippen molar-refractivity contribution >= 4 is 0 Å². The van der Waals surface area contributed by atoms with Gasteiger partial charge in [0.25, 0.3) is 0 Å². The van der Waals surface area contributed by atoms with E-state index in [-0.39, 0.29) is 11.9 Å². The minimum Gasteiger partial charge on any atom is -0.487 e. The molecule has 0 aromatic heterocycles. The maximum absolute atomic E-state index is 13.3. The molecule has 3 heteroatoms. The zero-order valence-corrected chi connectivity index (χ0v) is 9.58. The molecule has 1 aromatic rings. The molecule has 16 heavy (non-hydrogen) atoms. The first-order valence-electron chi connectivity index (χ1n) is 5.94. The molecule has 1 saturated carbocycles. The summed E-state index contributed by atoms with van der Waals surface area (Å²) in [5, 5.41) is 3.40. The van der Waals surface area contributed by atoms with Gasteiger partial charge >= 0.3 is 0 Å². The molecule has 1 N–H and O–H groups in total. The lowest BCUT2D eigenvalue weighted by Crippen LogP contribution is -2.27. The molecule has 2 atom stereocenters. The molecule has 1 fully saturated rings. The van der Waals surface area contributed by atoms with Gasteiger partial charge in [-0.1, -0.05) is 19.1 Å². The summed E-state index contributed by atoms with van der Waals surface area (Å²) in [6.45, 7) is 3.09. The Morgan fingerprint density at radius 3 is 2.94 bits per heavy atom. The van der Waals surface area contributed by atoms with Gasteiger partial charge in [-0.15, -0.1) is 0 Å². The second-order valence-corrected chi connectivity index (χ2v) is 4.24. The Labute approximate surface area is 95.8 Å². The van der Waals surface area contributed by atoms with Gasteiger partial charge < -0.3 is 10.1 Å². The summed E-state index contributed by atoms with van der Waals surface area (Å²) in [5.41, 5.74) is 0. The fourth-order valence-electron chi connectivity index (χ4n) is 2.24. The van der Waals surface area contributed by atoms with Crippen LogP contribution in [0.25, 0.3) is 0 Å². The Kier molecular flexibility index (Phi) is 3.78. The zero-order chi connectivity index (χ0) is 11.4. The second-order valence-electron chi connectivity index (χ2n) is 4.24. The number of nitrogens with one attached hydrogen (secondary N) is 1. The SMILES string of the molecule is CCNC1CCC(Oc2ccccc2F)C1. The van der Waals surface area contributed by atoms with Crippen molar-refractivity contribution in [3.63, 3.8) is 0 Å². The van der Waals surface area contributed by atoms with Crippen LogP contribution in [0.2, 0.25) is 0 Å². The Morgan fingerprint density at radius 2 is 2.19 bits per heavy atom. The van der Waals surface area contributed by atoms with E-state index < -0.39 is 0 Å². The molecular weight excluding hydrogens is 205 g/mol. The molecular formula is C13H18FNO. The average Bonchev–Trinajstić information content (AvgIpc) is 2.70. The summed E-state index contributed by atoms with van der Waals surface area (Å²) in [6.07, 6.45) is 3.25. The fraction of sp³-hybridized carbons (Fsp3) is 0.538. The van der Waals surface area contributed by atoms with Crippen molar-refractivity contribution in [2.45, 2.75) is 38.3 Å². The van der Waals surface area contributed by atoms with E-state index >= 15 is 0 Å². The van der Waals surface area contributed by atoms with Crippen LogP contribution in [0.3, 0.4) is 0 Å². The lowest BCUT2D eigenvalue weighted by atomic mass is 10.2. The number of hydrogen-bond acceptors (Lipinski definition) is 2. The van der Waals surface area contributed by atoms with Crippen LogP contribution in [0.1, 0.15) is 26.2 Å². The van der Waals surface area contributed by atoms with Crippen LogP contribution in [0.5, 0.6) is 5.75 Å². The molecule has 0 amide bonds. The summed E-state index contributed by atoms with van der Waals surface area (Å²) < 4.78 is 19.0. The highest BCUT2D eigenvalue weighted by atomic mass is 19.1. The fourth-order valence-corrected chi connectivity index (χ4v) is 2.24. The molecule has 0 bridgehead atoms. The predicted molar refractivity (Wildman–Crippen MR) is 62.1 cm³/mol. The molecule has 2 rings (SSSR count). The summed E-state index contributed by atoms with van der Waals surface area (Å²) in [4.78, 5) is 0. The third-order valence-electron chi connectivity index (χ3n) is 3.01. The van der Waals surface area contributed by atoms with Gasteiger partial charge in [0.15, 0.2) is 11.6 Å². The molecule has 0 spiro atoms. The quantitative estimate of drug-likeness (QED) is 0.847. The van der Waals surface area contributed by atoms with E-state index in [1.165, 1.54) is 6.07 Å². The van der Waals surface area contributed by atoms with Crippen molar-refractivity contribution in [2.75, 3.05) is 6.54 Å². The highest BCUT2D eigenvalue weighted by molar-refractivity contribution is 5.24. The van der Waals surface area contributed by atoms with Crippen molar-refractivity contribution in [3.8, 4) is 5.75 Å². The highest BCUT2D eigenvalue weighted by Gasteiger charge is 2.25. The molecule has 2 unspecified atom stereocenters. The highest BCUT2D eigenvalue weighted by Crippen LogP contribution is 2.26. The Morgan fingerprint density at radius 1 is 1.38 bits per heavy atom. The van der Waals surface area contributed by atoms with E-state index in [0.29, 0.717) is 11.8 Å². The van der Waals surface area contributed by atoms with Crippen molar-refractivity contribution in [1.29, 1.82) is 0 Å². The minimum absolute atomic E-state index is 0.154. The van der Waals surface area contributed by atoms with E-state index in [4.69, 9.17) is 4.74 Å². The summed E-state index contributed by atoms with van der Waals surface area (Å²) in [7, 11) is 0. The van der Waals surface area contributed by atoms with E-state index in [2.05, 4.69) is 12.2 Å². The second kappa shape index (κ2) is 5.30. The van der Waals surface area contributed by atoms with Crippen LogP contribution < -0.4 is 10.1 Å². The molecule has 2 nitrogen and oxygen atoms in total. The third-order valence-corrected chi connectivity index (χ3v) is 3.01. The normalized spacial score (nSPS) is 24.6. The Balaban J connectivity index is 1.90. The number of ether oxygens (including phenoxy) is 1. The summed E-state index contributed by atoms with van der Waals surface area (Å²) in [5.74, 6) is 0.110.